The van der Waals surface area contributed by atoms with Crippen molar-refractivity contribution in [1.29, 1.82) is 0 Å². The lowest BCUT2D eigenvalue weighted by Crippen LogP contribution is -1.50. The SMILES string of the molecule is FC=CC[SiH3].O. The molecule has 2 N–H and O–H groups in total. The van der Waals surface area contributed by atoms with Crippen molar-refractivity contribution < 1.29 is 9.87 Å². The Hall–Kier alpha value is -0.153. The quantitative estimate of drug-likeness (QED) is 0.403. The minimum atomic E-state index is 0. The van der Waals surface area contributed by atoms with Crippen molar-refractivity contribution in [2.24, 2.45) is 0 Å². The molecule has 0 saturated carbocycles. The Morgan fingerprint density at radius 3 is 2.17 bits per heavy atom. The fourth-order valence-corrected chi connectivity index (χ4v) is 0.267. The summed E-state index contributed by atoms with van der Waals surface area (Å²) in [5, 5.41) is 0. The Labute approximate surface area is 39.6 Å². The van der Waals surface area contributed by atoms with Crippen molar-refractivity contribution in [2.75, 3.05) is 0 Å². The van der Waals surface area contributed by atoms with Crippen LogP contribution in [-0.2, 0) is 0 Å². The van der Waals surface area contributed by atoms with Gasteiger partial charge >= 0.3 is 0 Å². The van der Waals surface area contributed by atoms with Crippen LogP contribution in [0.5, 0.6) is 0 Å². The molecule has 0 aromatic heterocycles. The standard InChI is InChI=1S/C3H7FSi.H2O/c4-2-1-3-5;/h1-2H,3H2,5H3;1H2. The zero-order valence-corrected chi connectivity index (χ0v) is 5.74. The minimum Gasteiger partial charge on any atom is -0.412 e. The Morgan fingerprint density at radius 1 is 1.67 bits per heavy atom. The van der Waals surface area contributed by atoms with Crippen molar-refractivity contribution in [3.05, 3.63) is 12.4 Å². The van der Waals surface area contributed by atoms with E-state index in [2.05, 4.69) is 0 Å². The summed E-state index contributed by atoms with van der Waals surface area (Å²) in [6.07, 6.45) is 2.11. The Balaban J connectivity index is 0. The molecular weight excluding hydrogens is 99.1 g/mol. The zero-order valence-electron chi connectivity index (χ0n) is 3.74. The first kappa shape index (κ1) is 9.28. The topological polar surface area (TPSA) is 31.5 Å². The first-order valence-corrected chi connectivity index (χ1v) is 3.08. The molecule has 0 radical (unpaired) electrons. The van der Waals surface area contributed by atoms with E-state index in [0.29, 0.717) is 6.33 Å². The molecule has 0 fully saturated rings. The van der Waals surface area contributed by atoms with E-state index in [4.69, 9.17) is 0 Å². The molecule has 0 atom stereocenters. The van der Waals surface area contributed by atoms with Gasteiger partial charge in [-0.05, 0) is 6.04 Å². The first-order valence-electron chi connectivity index (χ1n) is 1.67. The lowest BCUT2D eigenvalue weighted by atomic mass is 10.7. The van der Waals surface area contributed by atoms with Gasteiger partial charge in [-0.1, -0.05) is 6.08 Å². The molecule has 38 valence electrons. The highest BCUT2D eigenvalue weighted by atomic mass is 28.1. The fourth-order valence-electron chi connectivity index (χ4n) is 0.0891. The molecule has 0 spiro atoms. The summed E-state index contributed by atoms with van der Waals surface area (Å²) in [5.41, 5.74) is 0. The van der Waals surface area contributed by atoms with E-state index >= 15 is 0 Å². The van der Waals surface area contributed by atoms with Crippen LogP contribution in [-0.4, -0.2) is 15.7 Å². The maximum Gasteiger partial charge on any atom is 0.0823 e. The Kier molecular flexibility index (Phi) is 13.7. The van der Waals surface area contributed by atoms with Crippen molar-refractivity contribution in [2.45, 2.75) is 6.04 Å². The largest absolute Gasteiger partial charge is 0.412 e. The van der Waals surface area contributed by atoms with Crippen molar-refractivity contribution in [3.8, 4) is 0 Å². The lowest BCUT2D eigenvalue weighted by Gasteiger charge is -1.62. The van der Waals surface area contributed by atoms with E-state index in [-0.39, 0.29) is 5.48 Å². The summed E-state index contributed by atoms with van der Waals surface area (Å²) in [5.74, 6) is 0. The molecule has 0 aliphatic carbocycles. The van der Waals surface area contributed by atoms with Crippen LogP contribution in [0.3, 0.4) is 0 Å². The minimum absolute atomic E-state index is 0. The van der Waals surface area contributed by atoms with Crippen molar-refractivity contribution in [3.63, 3.8) is 0 Å². The molecule has 3 heteroatoms. The van der Waals surface area contributed by atoms with Gasteiger partial charge in [0.1, 0.15) is 0 Å². The molecule has 0 amide bonds. The van der Waals surface area contributed by atoms with Gasteiger partial charge in [0, 0.05) is 10.2 Å². The van der Waals surface area contributed by atoms with Crippen LogP contribution in [0.4, 0.5) is 4.39 Å². The smallest absolute Gasteiger partial charge is 0.0823 e. The third-order valence-electron chi connectivity index (χ3n) is 0.325. The van der Waals surface area contributed by atoms with Gasteiger partial charge in [-0.2, -0.15) is 0 Å². The molecule has 0 aromatic carbocycles. The van der Waals surface area contributed by atoms with Gasteiger partial charge in [-0.15, -0.1) is 0 Å². The Morgan fingerprint density at radius 2 is 2.17 bits per heavy atom. The third kappa shape index (κ3) is 9.14. The predicted octanol–water partition coefficient (Wildman–Crippen LogP) is -0.571. The summed E-state index contributed by atoms with van der Waals surface area (Å²) < 4.78 is 10.8. The van der Waals surface area contributed by atoms with E-state index in [1.165, 1.54) is 6.08 Å². The molecular formula is C3H9FOSi. The molecule has 0 rings (SSSR count). The number of allylic oxidation sites excluding steroid dienone is 1. The van der Waals surface area contributed by atoms with E-state index in [1.807, 2.05) is 0 Å². The van der Waals surface area contributed by atoms with Crippen LogP contribution in [0.15, 0.2) is 12.4 Å². The molecule has 0 aromatic rings. The molecule has 0 aliphatic rings. The van der Waals surface area contributed by atoms with Crippen molar-refractivity contribution in [1.82, 2.24) is 0 Å². The predicted molar refractivity (Wildman–Crippen MR) is 28.6 cm³/mol. The second kappa shape index (κ2) is 8.85. The highest BCUT2D eigenvalue weighted by Gasteiger charge is 1.55. The maximum atomic E-state index is 10.8. The van der Waals surface area contributed by atoms with Gasteiger partial charge in [0.05, 0.1) is 6.33 Å². The summed E-state index contributed by atoms with van der Waals surface area (Å²) in [6, 6.07) is 0.927. The van der Waals surface area contributed by atoms with Crippen LogP contribution < -0.4 is 0 Å². The van der Waals surface area contributed by atoms with Gasteiger partial charge in [-0.25, -0.2) is 4.39 Å². The van der Waals surface area contributed by atoms with Gasteiger partial charge < -0.3 is 5.48 Å². The number of hydrogen-bond acceptors (Lipinski definition) is 0. The molecule has 0 aliphatic heterocycles. The Bertz CT molecular complexity index is 37.8. The van der Waals surface area contributed by atoms with Gasteiger partial charge in [0.15, 0.2) is 0 Å². The highest BCUT2D eigenvalue weighted by molar-refractivity contribution is 6.09. The van der Waals surface area contributed by atoms with Crippen LogP contribution in [0.2, 0.25) is 6.04 Å². The molecule has 0 bridgehead atoms. The zero-order chi connectivity index (χ0) is 4.12. The van der Waals surface area contributed by atoms with Gasteiger partial charge in [-0.3, -0.25) is 0 Å². The van der Waals surface area contributed by atoms with Crippen LogP contribution in [0.1, 0.15) is 0 Å². The van der Waals surface area contributed by atoms with E-state index in [0.717, 1.165) is 16.3 Å². The summed E-state index contributed by atoms with van der Waals surface area (Å²) in [7, 11) is 1.07. The second-order valence-corrected chi connectivity index (χ2v) is 1.59. The van der Waals surface area contributed by atoms with E-state index in [9.17, 15) is 4.39 Å². The normalized spacial score (nSPS) is 8.83. The molecule has 6 heavy (non-hydrogen) atoms. The lowest BCUT2D eigenvalue weighted by molar-refractivity contribution is 0.719. The average molecular weight is 108 g/mol. The first-order chi connectivity index (χ1) is 2.41. The fraction of sp³-hybridized carbons (Fsp3) is 0.333. The molecule has 0 unspecified atom stereocenters. The summed E-state index contributed by atoms with van der Waals surface area (Å²) >= 11 is 0. The summed E-state index contributed by atoms with van der Waals surface area (Å²) in [6.45, 7) is 0. The second-order valence-electron chi connectivity index (χ2n) is 0.770. The number of halogens is 1. The van der Waals surface area contributed by atoms with E-state index in [1.54, 1.807) is 0 Å². The summed E-state index contributed by atoms with van der Waals surface area (Å²) in [4.78, 5) is 0. The van der Waals surface area contributed by atoms with Crippen LogP contribution in [0, 0.1) is 0 Å². The van der Waals surface area contributed by atoms with Crippen molar-refractivity contribution >= 4 is 10.2 Å². The number of rotatable bonds is 1. The van der Waals surface area contributed by atoms with Crippen LogP contribution >= 0.6 is 0 Å². The van der Waals surface area contributed by atoms with Gasteiger partial charge in [0.2, 0.25) is 0 Å². The average Bonchev–Trinajstić information content (AvgIpc) is 1.41. The highest BCUT2D eigenvalue weighted by Crippen LogP contribution is 1.73. The van der Waals surface area contributed by atoms with E-state index < -0.39 is 0 Å². The molecule has 0 heterocycles. The van der Waals surface area contributed by atoms with Crippen LogP contribution in [0.25, 0.3) is 0 Å². The number of hydrogen-bond donors (Lipinski definition) is 0. The molecule has 1 nitrogen and oxygen atoms in total. The molecule has 0 saturated heterocycles. The van der Waals surface area contributed by atoms with Gasteiger partial charge in [0.25, 0.3) is 0 Å². The third-order valence-corrected chi connectivity index (χ3v) is 0.796. The maximum absolute atomic E-state index is 10.8. The monoisotopic (exact) mass is 108 g/mol.